The molecule has 1 aliphatic rings. The van der Waals surface area contributed by atoms with E-state index in [-0.39, 0.29) is 11.5 Å². The van der Waals surface area contributed by atoms with Crippen LogP contribution in [0.4, 0.5) is 0 Å². The number of sulfone groups is 1. The number of aromatic nitrogens is 1. The zero-order chi connectivity index (χ0) is 12.5. The molecule has 0 bridgehead atoms. The summed E-state index contributed by atoms with van der Waals surface area (Å²) in [5, 5.41) is 9.30. The molecule has 5 nitrogen and oxygen atoms in total. The van der Waals surface area contributed by atoms with Gasteiger partial charge in [0.05, 0.1) is 17.7 Å². The number of hydrogen-bond acceptors (Lipinski definition) is 5. The smallest absolute Gasteiger partial charge is 0.194 e. The van der Waals surface area contributed by atoms with Crippen molar-refractivity contribution >= 4 is 9.84 Å². The van der Waals surface area contributed by atoms with Gasteiger partial charge in [-0.2, -0.15) is 0 Å². The minimum Gasteiger partial charge on any atom is -0.443 e. The van der Waals surface area contributed by atoms with Crippen molar-refractivity contribution in [3.05, 3.63) is 17.8 Å². The van der Waals surface area contributed by atoms with Crippen molar-refractivity contribution in [1.82, 2.24) is 4.98 Å². The Morgan fingerprint density at radius 1 is 1.53 bits per heavy atom. The summed E-state index contributed by atoms with van der Waals surface area (Å²) in [4.78, 5) is 4.09. The molecular formula is C11H17NO4S. The Labute approximate surface area is 101 Å². The monoisotopic (exact) mass is 259 g/mol. The zero-order valence-electron chi connectivity index (χ0n) is 9.80. The van der Waals surface area contributed by atoms with Crippen LogP contribution in [0.5, 0.6) is 0 Å². The molecule has 1 aliphatic heterocycles. The lowest BCUT2D eigenvalue weighted by Gasteiger charge is -2.20. The van der Waals surface area contributed by atoms with Crippen LogP contribution in [0.1, 0.15) is 37.5 Å². The van der Waals surface area contributed by atoms with Crippen molar-refractivity contribution in [2.24, 2.45) is 5.92 Å². The van der Waals surface area contributed by atoms with Crippen LogP contribution in [0.15, 0.2) is 10.6 Å². The van der Waals surface area contributed by atoms with Crippen molar-refractivity contribution in [3.63, 3.8) is 0 Å². The van der Waals surface area contributed by atoms with Crippen molar-refractivity contribution in [2.75, 3.05) is 11.5 Å². The van der Waals surface area contributed by atoms with Crippen LogP contribution in [0, 0.1) is 5.92 Å². The first-order chi connectivity index (χ1) is 7.96. The minimum absolute atomic E-state index is 0.266. The van der Waals surface area contributed by atoms with Gasteiger partial charge in [0.1, 0.15) is 15.9 Å². The molecule has 1 aromatic heterocycles. The molecule has 0 aliphatic carbocycles. The van der Waals surface area contributed by atoms with E-state index in [1.165, 1.54) is 6.20 Å². The molecule has 6 heteroatoms. The van der Waals surface area contributed by atoms with E-state index in [1.54, 1.807) is 6.92 Å². The Balaban J connectivity index is 1.93. The summed E-state index contributed by atoms with van der Waals surface area (Å²) in [5.41, 5.74) is 0. The van der Waals surface area contributed by atoms with Crippen LogP contribution in [-0.4, -0.2) is 30.0 Å². The molecule has 96 valence electrons. The predicted molar refractivity (Wildman–Crippen MR) is 62.2 cm³/mol. The van der Waals surface area contributed by atoms with Crippen LogP contribution in [0.2, 0.25) is 0 Å². The Bertz CT molecular complexity index is 463. The van der Waals surface area contributed by atoms with Gasteiger partial charge in [-0.3, -0.25) is 0 Å². The fraction of sp³-hybridized carbons (Fsp3) is 0.727. The first kappa shape index (κ1) is 12.6. The van der Waals surface area contributed by atoms with Gasteiger partial charge < -0.3 is 9.52 Å². The zero-order valence-corrected chi connectivity index (χ0v) is 10.6. The van der Waals surface area contributed by atoms with Crippen molar-refractivity contribution in [1.29, 1.82) is 0 Å². The summed E-state index contributed by atoms with van der Waals surface area (Å²) in [6.45, 7) is 1.62. The molecule has 1 atom stereocenters. The SMILES string of the molecule is CC(O)c1cnc(CC2CCS(=O)(=O)CC2)o1. The molecule has 0 amide bonds. The van der Waals surface area contributed by atoms with E-state index in [1.807, 2.05) is 0 Å². The number of aliphatic hydroxyl groups excluding tert-OH is 1. The molecule has 2 heterocycles. The number of nitrogens with zero attached hydrogens (tertiary/aromatic N) is 1. The quantitative estimate of drug-likeness (QED) is 0.879. The van der Waals surface area contributed by atoms with E-state index in [2.05, 4.69) is 4.98 Å². The molecule has 1 aromatic rings. The Morgan fingerprint density at radius 2 is 2.18 bits per heavy atom. The van der Waals surface area contributed by atoms with E-state index in [9.17, 15) is 13.5 Å². The van der Waals surface area contributed by atoms with Gasteiger partial charge in [-0.25, -0.2) is 13.4 Å². The molecule has 0 spiro atoms. The third-order valence-corrected chi connectivity index (χ3v) is 4.84. The molecule has 0 aromatic carbocycles. The Morgan fingerprint density at radius 3 is 2.71 bits per heavy atom. The van der Waals surface area contributed by atoms with Gasteiger partial charge in [-0.15, -0.1) is 0 Å². The normalized spacial score (nSPS) is 22.5. The number of aliphatic hydroxyl groups is 1. The summed E-state index contributed by atoms with van der Waals surface area (Å²) in [6, 6.07) is 0. The average Bonchev–Trinajstić information content (AvgIpc) is 2.70. The standard InChI is InChI=1S/C11H17NO4S/c1-8(13)10-7-12-11(16-10)6-9-2-4-17(14,15)5-3-9/h7-9,13H,2-6H2,1H3. The van der Waals surface area contributed by atoms with E-state index in [0.29, 0.717) is 36.8 Å². The lowest BCUT2D eigenvalue weighted by Crippen LogP contribution is -2.24. The molecular weight excluding hydrogens is 242 g/mol. The fourth-order valence-electron chi connectivity index (χ4n) is 2.00. The summed E-state index contributed by atoms with van der Waals surface area (Å²) < 4.78 is 27.9. The maximum Gasteiger partial charge on any atom is 0.194 e. The van der Waals surface area contributed by atoms with Gasteiger partial charge in [0.2, 0.25) is 0 Å². The maximum atomic E-state index is 11.3. The van der Waals surface area contributed by atoms with Gasteiger partial charge >= 0.3 is 0 Å². The lowest BCUT2D eigenvalue weighted by molar-refractivity contribution is 0.166. The lowest BCUT2D eigenvalue weighted by atomic mass is 9.99. The van der Waals surface area contributed by atoms with Crippen LogP contribution in [-0.2, 0) is 16.3 Å². The van der Waals surface area contributed by atoms with Gasteiger partial charge in [0, 0.05) is 6.42 Å². The van der Waals surface area contributed by atoms with Gasteiger partial charge in [-0.1, -0.05) is 0 Å². The van der Waals surface area contributed by atoms with Crippen molar-refractivity contribution in [2.45, 2.75) is 32.3 Å². The van der Waals surface area contributed by atoms with E-state index < -0.39 is 15.9 Å². The van der Waals surface area contributed by atoms with Gasteiger partial charge in [0.25, 0.3) is 0 Å². The second-order valence-corrected chi connectivity index (χ2v) is 6.94. The topological polar surface area (TPSA) is 80.4 Å². The number of oxazole rings is 1. The highest BCUT2D eigenvalue weighted by Crippen LogP contribution is 2.23. The molecule has 1 fully saturated rings. The third-order valence-electron chi connectivity index (χ3n) is 3.12. The molecule has 1 unspecified atom stereocenters. The Kier molecular flexibility index (Phi) is 3.53. The molecule has 0 saturated carbocycles. The van der Waals surface area contributed by atoms with Crippen molar-refractivity contribution in [3.8, 4) is 0 Å². The summed E-state index contributed by atoms with van der Waals surface area (Å²) in [6.07, 6.45) is 2.88. The van der Waals surface area contributed by atoms with Gasteiger partial charge in [0.15, 0.2) is 11.7 Å². The van der Waals surface area contributed by atoms with E-state index in [4.69, 9.17) is 4.42 Å². The van der Waals surface area contributed by atoms with Crippen LogP contribution in [0.25, 0.3) is 0 Å². The number of rotatable bonds is 3. The van der Waals surface area contributed by atoms with Crippen molar-refractivity contribution < 1.29 is 17.9 Å². The second-order valence-electron chi connectivity index (χ2n) is 4.63. The molecule has 1 N–H and O–H groups in total. The van der Waals surface area contributed by atoms with Crippen LogP contribution < -0.4 is 0 Å². The molecule has 1 saturated heterocycles. The highest BCUT2D eigenvalue weighted by Gasteiger charge is 2.25. The first-order valence-corrected chi connectivity index (χ1v) is 7.61. The molecule has 2 rings (SSSR count). The molecule has 17 heavy (non-hydrogen) atoms. The largest absolute Gasteiger partial charge is 0.443 e. The third kappa shape index (κ3) is 3.29. The van der Waals surface area contributed by atoms with Crippen LogP contribution >= 0.6 is 0 Å². The summed E-state index contributed by atoms with van der Waals surface area (Å²) in [7, 11) is -2.81. The average molecular weight is 259 g/mol. The fourth-order valence-corrected chi connectivity index (χ4v) is 3.59. The van der Waals surface area contributed by atoms with Crippen LogP contribution in [0.3, 0.4) is 0 Å². The summed E-state index contributed by atoms with van der Waals surface area (Å²) in [5.74, 6) is 1.90. The minimum atomic E-state index is -2.81. The first-order valence-electron chi connectivity index (χ1n) is 5.79. The second kappa shape index (κ2) is 4.78. The highest BCUT2D eigenvalue weighted by molar-refractivity contribution is 7.91. The highest BCUT2D eigenvalue weighted by atomic mass is 32.2. The predicted octanol–water partition coefficient (Wildman–Crippen LogP) is 1.10. The van der Waals surface area contributed by atoms with Gasteiger partial charge in [-0.05, 0) is 25.7 Å². The molecule has 0 radical (unpaired) electrons. The van der Waals surface area contributed by atoms with E-state index >= 15 is 0 Å². The Hall–Kier alpha value is -0.880. The number of hydrogen-bond donors (Lipinski definition) is 1. The van der Waals surface area contributed by atoms with E-state index in [0.717, 1.165) is 0 Å². The summed E-state index contributed by atoms with van der Waals surface area (Å²) >= 11 is 0. The maximum absolute atomic E-state index is 11.3.